The topological polar surface area (TPSA) is 78.4 Å². The lowest BCUT2D eigenvalue weighted by atomic mass is 10.2. The molecule has 126 valence electrons. The van der Waals surface area contributed by atoms with Crippen LogP contribution in [0.3, 0.4) is 0 Å². The molecule has 0 unspecified atom stereocenters. The number of carbonyl (C=O) groups excluding carboxylic acids is 2. The van der Waals surface area contributed by atoms with Gasteiger partial charge in [0, 0.05) is 22.2 Å². The van der Waals surface area contributed by atoms with E-state index in [9.17, 15) is 19.1 Å². The Bertz CT molecular complexity index is 752. The molecule has 2 aromatic rings. The molecule has 3 N–H and O–H groups in total. The Morgan fingerprint density at radius 2 is 1.75 bits per heavy atom. The van der Waals surface area contributed by atoms with E-state index in [-0.39, 0.29) is 23.4 Å². The van der Waals surface area contributed by atoms with Crippen molar-refractivity contribution in [3.8, 4) is 5.75 Å². The molecule has 5 nitrogen and oxygen atoms in total. The Balaban J connectivity index is 1.73. The Labute approximate surface area is 152 Å². The van der Waals surface area contributed by atoms with Gasteiger partial charge in [-0.1, -0.05) is 6.07 Å². The summed E-state index contributed by atoms with van der Waals surface area (Å²) in [5.74, 6) is -0.918. The SMILES string of the molecule is O=C(NCCCNC(=O)c1ccc(F)cc1I)c1cccc(O)c1. The molecule has 24 heavy (non-hydrogen) atoms. The predicted octanol–water partition coefficient (Wildman–Crippen LogP) is 2.69. The molecule has 0 saturated heterocycles. The van der Waals surface area contributed by atoms with Gasteiger partial charge in [0.15, 0.2) is 0 Å². The second-order valence-corrected chi connectivity index (χ2v) is 6.20. The molecule has 2 aromatic carbocycles. The second-order valence-electron chi connectivity index (χ2n) is 5.04. The lowest BCUT2D eigenvalue weighted by Crippen LogP contribution is -2.30. The molecule has 2 rings (SSSR count). The summed E-state index contributed by atoms with van der Waals surface area (Å²) in [5, 5.41) is 14.8. The number of rotatable bonds is 6. The van der Waals surface area contributed by atoms with E-state index in [0.717, 1.165) is 0 Å². The number of carbonyl (C=O) groups is 2. The lowest BCUT2D eigenvalue weighted by Gasteiger charge is -2.08. The first-order chi connectivity index (χ1) is 11.5. The third-order valence-electron chi connectivity index (χ3n) is 3.21. The van der Waals surface area contributed by atoms with Crippen molar-refractivity contribution >= 4 is 34.4 Å². The fourth-order valence-corrected chi connectivity index (χ4v) is 2.73. The summed E-state index contributed by atoms with van der Waals surface area (Å²) in [4.78, 5) is 23.8. The molecule has 7 heteroatoms. The van der Waals surface area contributed by atoms with Gasteiger partial charge in [-0.05, 0) is 65.4 Å². The van der Waals surface area contributed by atoms with Crippen LogP contribution in [0.15, 0.2) is 42.5 Å². The van der Waals surface area contributed by atoms with E-state index in [0.29, 0.717) is 34.2 Å². The molecule has 0 atom stereocenters. The number of benzene rings is 2. The zero-order valence-corrected chi connectivity index (χ0v) is 14.8. The number of nitrogens with one attached hydrogen (secondary N) is 2. The summed E-state index contributed by atoms with van der Waals surface area (Å²) >= 11 is 1.91. The first kappa shape index (κ1) is 18.2. The predicted molar refractivity (Wildman–Crippen MR) is 96.5 cm³/mol. The molecule has 0 radical (unpaired) electrons. The maximum Gasteiger partial charge on any atom is 0.252 e. The van der Waals surface area contributed by atoms with Gasteiger partial charge in [-0.15, -0.1) is 0 Å². The van der Waals surface area contributed by atoms with E-state index >= 15 is 0 Å². The van der Waals surface area contributed by atoms with Crippen LogP contribution in [0.4, 0.5) is 4.39 Å². The molecule has 0 saturated carbocycles. The molecule has 2 amide bonds. The number of aromatic hydroxyl groups is 1. The average Bonchev–Trinajstić information content (AvgIpc) is 2.54. The Kier molecular flexibility index (Phi) is 6.53. The van der Waals surface area contributed by atoms with Crippen LogP contribution in [0, 0.1) is 9.39 Å². The molecule has 0 aromatic heterocycles. The number of halogens is 2. The van der Waals surface area contributed by atoms with Gasteiger partial charge in [0.25, 0.3) is 11.8 Å². The fourth-order valence-electron chi connectivity index (χ4n) is 2.01. The molecule has 0 aliphatic carbocycles. The Hall–Kier alpha value is -2.16. The maximum absolute atomic E-state index is 13.0. The summed E-state index contributed by atoms with van der Waals surface area (Å²) in [6.45, 7) is 0.766. The summed E-state index contributed by atoms with van der Waals surface area (Å²) < 4.78 is 13.6. The molecule has 0 spiro atoms. The van der Waals surface area contributed by atoms with Crippen molar-refractivity contribution in [1.29, 1.82) is 0 Å². The highest BCUT2D eigenvalue weighted by molar-refractivity contribution is 14.1. The summed E-state index contributed by atoms with van der Waals surface area (Å²) in [6, 6.07) is 10.0. The van der Waals surface area contributed by atoms with Crippen molar-refractivity contribution in [3.63, 3.8) is 0 Å². The third-order valence-corrected chi connectivity index (χ3v) is 4.10. The largest absolute Gasteiger partial charge is 0.508 e. The van der Waals surface area contributed by atoms with Gasteiger partial charge in [-0.3, -0.25) is 9.59 Å². The first-order valence-electron chi connectivity index (χ1n) is 7.28. The number of phenolic OH excluding ortho intramolecular Hbond substituents is 1. The van der Waals surface area contributed by atoms with E-state index < -0.39 is 0 Å². The van der Waals surface area contributed by atoms with E-state index in [1.54, 1.807) is 12.1 Å². The third kappa shape index (κ3) is 5.19. The molecule has 0 heterocycles. The Morgan fingerprint density at radius 1 is 1.04 bits per heavy atom. The highest BCUT2D eigenvalue weighted by Crippen LogP contribution is 2.13. The van der Waals surface area contributed by atoms with Crippen molar-refractivity contribution in [2.45, 2.75) is 6.42 Å². The zero-order chi connectivity index (χ0) is 17.5. The number of phenols is 1. The van der Waals surface area contributed by atoms with Crippen molar-refractivity contribution in [2.24, 2.45) is 0 Å². The van der Waals surface area contributed by atoms with Crippen LogP contribution < -0.4 is 10.6 Å². The van der Waals surface area contributed by atoms with E-state index in [1.807, 2.05) is 22.6 Å². The van der Waals surface area contributed by atoms with Crippen LogP contribution in [-0.4, -0.2) is 30.0 Å². The highest BCUT2D eigenvalue weighted by Gasteiger charge is 2.10. The number of hydrogen-bond acceptors (Lipinski definition) is 3. The first-order valence-corrected chi connectivity index (χ1v) is 8.36. The molecular formula is C17H16FIN2O3. The molecular weight excluding hydrogens is 426 g/mol. The van der Waals surface area contributed by atoms with E-state index in [1.165, 1.54) is 30.3 Å². The van der Waals surface area contributed by atoms with Crippen molar-refractivity contribution in [3.05, 3.63) is 63.0 Å². The van der Waals surface area contributed by atoms with Gasteiger partial charge in [-0.25, -0.2) is 4.39 Å². The van der Waals surface area contributed by atoms with Crippen LogP contribution >= 0.6 is 22.6 Å². The highest BCUT2D eigenvalue weighted by atomic mass is 127. The quantitative estimate of drug-likeness (QED) is 0.476. The summed E-state index contributed by atoms with van der Waals surface area (Å²) in [5.41, 5.74) is 0.792. The van der Waals surface area contributed by atoms with Crippen LogP contribution in [0.5, 0.6) is 5.75 Å². The van der Waals surface area contributed by atoms with Crippen molar-refractivity contribution in [2.75, 3.05) is 13.1 Å². The molecule has 0 aliphatic heterocycles. The standard InChI is InChI=1S/C17H16FIN2O3/c18-12-5-6-14(15(19)10-12)17(24)21-8-2-7-20-16(23)11-3-1-4-13(22)9-11/h1,3-6,9-10,22H,2,7-8H2,(H,20,23)(H,21,24). The minimum Gasteiger partial charge on any atom is -0.508 e. The fraction of sp³-hybridized carbons (Fsp3) is 0.176. The van der Waals surface area contributed by atoms with Gasteiger partial charge in [0.2, 0.25) is 0 Å². The van der Waals surface area contributed by atoms with Gasteiger partial charge in [0.05, 0.1) is 5.56 Å². The summed E-state index contributed by atoms with van der Waals surface area (Å²) in [6.07, 6.45) is 0.550. The zero-order valence-electron chi connectivity index (χ0n) is 12.7. The minimum atomic E-state index is -0.384. The van der Waals surface area contributed by atoms with Crippen LogP contribution in [-0.2, 0) is 0 Å². The molecule has 0 bridgehead atoms. The molecule has 0 aliphatic rings. The van der Waals surface area contributed by atoms with Gasteiger partial charge in [0.1, 0.15) is 11.6 Å². The second kappa shape index (κ2) is 8.62. The van der Waals surface area contributed by atoms with Crippen molar-refractivity contribution in [1.82, 2.24) is 10.6 Å². The maximum atomic E-state index is 13.0. The van der Waals surface area contributed by atoms with E-state index in [2.05, 4.69) is 10.6 Å². The molecule has 0 fully saturated rings. The monoisotopic (exact) mass is 442 g/mol. The van der Waals surface area contributed by atoms with Crippen LogP contribution in [0.2, 0.25) is 0 Å². The van der Waals surface area contributed by atoms with Gasteiger partial charge < -0.3 is 15.7 Å². The van der Waals surface area contributed by atoms with Crippen molar-refractivity contribution < 1.29 is 19.1 Å². The Morgan fingerprint density at radius 3 is 2.42 bits per heavy atom. The number of hydrogen-bond donors (Lipinski definition) is 3. The minimum absolute atomic E-state index is 0.0313. The van der Waals surface area contributed by atoms with Crippen LogP contribution in [0.1, 0.15) is 27.1 Å². The normalized spacial score (nSPS) is 10.2. The smallest absolute Gasteiger partial charge is 0.252 e. The number of amides is 2. The van der Waals surface area contributed by atoms with Gasteiger partial charge in [-0.2, -0.15) is 0 Å². The van der Waals surface area contributed by atoms with E-state index in [4.69, 9.17) is 0 Å². The average molecular weight is 442 g/mol. The van der Waals surface area contributed by atoms with Gasteiger partial charge >= 0.3 is 0 Å². The lowest BCUT2D eigenvalue weighted by molar-refractivity contribution is 0.0951. The van der Waals surface area contributed by atoms with Crippen LogP contribution in [0.25, 0.3) is 0 Å². The summed E-state index contributed by atoms with van der Waals surface area (Å²) in [7, 11) is 0.